The zero-order valence-corrected chi connectivity index (χ0v) is 11.6. The molecule has 0 saturated carbocycles. The lowest BCUT2D eigenvalue weighted by atomic mass is 10.1. The first-order valence-corrected chi connectivity index (χ1v) is 6.46. The molecule has 1 aromatic rings. The van der Waals surface area contributed by atoms with Gasteiger partial charge in [-0.25, -0.2) is 4.79 Å². The maximum Gasteiger partial charge on any atom is 0.351 e. The predicted octanol–water partition coefficient (Wildman–Crippen LogP) is 0.144. The first-order chi connectivity index (χ1) is 9.78. The van der Waals surface area contributed by atoms with Crippen LogP contribution in [0.4, 0.5) is 14.6 Å². The van der Waals surface area contributed by atoms with Gasteiger partial charge in [0.2, 0.25) is 6.23 Å². The highest BCUT2D eigenvalue weighted by Crippen LogP contribution is 2.43. The fraction of sp³-hybridized carbons (Fsp3) is 0.667. The second kappa shape index (κ2) is 5.66. The molecule has 1 aliphatic rings. The maximum absolute atomic E-state index is 14.2. The van der Waals surface area contributed by atoms with Crippen LogP contribution in [0.25, 0.3) is 0 Å². The van der Waals surface area contributed by atoms with Gasteiger partial charge in [0.05, 0.1) is 6.10 Å². The van der Waals surface area contributed by atoms with Gasteiger partial charge in [0, 0.05) is 12.8 Å². The number of halogens is 2. The summed E-state index contributed by atoms with van der Waals surface area (Å²) in [4.78, 5) is 15.0. The number of nitrogens with zero attached hydrogens (tertiary/aromatic N) is 2. The Hall–Kier alpha value is -1.58. The van der Waals surface area contributed by atoms with E-state index in [1.165, 1.54) is 13.0 Å². The average Bonchev–Trinajstić information content (AvgIpc) is 2.62. The molecule has 21 heavy (non-hydrogen) atoms. The minimum Gasteiger partial charge on any atom is -0.384 e. The summed E-state index contributed by atoms with van der Waals surface area (Å²) in [6.45, 7) is 3.50. The molecular weight excluding hydrogens is 288 g/mol. The summed E-state index contributed by atoms with van der Waals surface area (Å²) in [5.41, 5.74) is 4.34. The molecule has 3 N–H and O–H groups in total. The molecule has 0 amide bonds. The first-order valence-electron chi connectivity index (χ1n) is 6.46. The molecule has 0 spiro atoms. The lowest BCUT2D eigenvalue weighted by Crippen LogP contribution is -2.43. The number of aromatic nitrogens is 2. The van der Waals surface area contributed by atoms with Gasteiger partial charge < -0.3 is 20.3 Å². The summed E-state index contributed by atoms with van der Waals surface area (Å²) in [5.74, 6) is -3.74. The number of hydrogen-bond donors (Lipinski definition) is 2. The van der Waals surface area contributed by atoms with Crippen LogP contribution in [-0.2, 0) is 9.47 Å². The smallest absolute Gasteiger partial charge is 0.351 e. The van der Waals surface area contributed by atoms with Crippen LogP contribution in [-0.4, -0.2) is 45.5 Å². The number of ether oxygens (including phenoxy) is 2. The Balaban J connectivity index is 2.34. The van der Waals surface area contributed by atoms with E-state index in [1.807, 2.05) is 0 Å². The summed E-state index contributed by atoms with van der Waals surface area (Å²) in [6, 6.07) is 1.20. The van der Waals surface area contributed by atoms with E-state index in [0.717, 1.165) is 6.20 Å². The summed E-state index contributed by atoms with van der Waals surface area (Å²) in [6.07, 6.45) is -4.99. The standard InChI is InChI=1S/C12H17F2N3O4/c1-3-20-6(2)8-9(18)12(13,14)10(21-8)17-5-4-7(15)16-11(17)19/h4-6,8-10,18H,3H2,1-2H3,(H2,15,16,19)/t6?,8-,9-,10-/m1/s1. The highest BCUT2D eigenvalue weighted by Gasteiger charge is 2.61. The van der Waals surface area contributed by atoms with Gasteiger partial charge in [-0.2, -0.15) is 13.8 Å². The van der Waals surface area contributed by atoms with Crippen LogP contribution in [0.3, 0.4) is 0 Å². The summed E-state index contributed by atoms with van der Waals surface area (Å²) in [7, 11) is 0. The third kappa shape index (κ3) is 2.76. The van der Waals surface area contributed by atoms with Gasteiger partial charge in [-0.3, -0.25) is 4.57 Å². The van der Waals surface area contributed by atoms with Crippen molar-refractivity contribution < 1.29 is 23.4 Å². The number of aliphatic hydroxyl groups is 1. The zero-order valence-electron chi connectivity index (χ0n) is 11.6. The van der Waals surface area contributed by atoms with E-state index in [-0.39, 0.29) is 12.4 Å². The monoisotopic (exact) mass is 305 g/mol. The van der Waals surface area contributed by atoms with Crippen LogP contribution in [0, 0.1) is 0 Å². The minimum atomic E-state index is -3.66. The molecule has 1 unspecified atom stereocenters. The first kappa shape index (κ1) is 15.8. The van der Waals surface area contributed by atoms with Crippen molar-refractivity contribution in [1.29, 1.82) is 0 Å². The highest BCUT2D eigenvalue weighted by atomic mass is 19.3. The third-order valence-corrected chi connectivity index (χ3v) is 3.32. The van der Waals surface area contributed by atoms with E-state index < -0.39 is 36.2 Å². The van der Waals surface area contributed by atoms with Crippen molar-refractivity contribution in [2.24, 2.45) is 0 Å². The van der Waals surface area contributed by atoms with Crippen LogP contribution in [0.1, 0.15) is 20.1 Å². The van der Waals surface area contributed by atoms with Gasteiger partial charge in [-0.15, -0.1) is 0 Å². The SMILES string of the molecule is CCOC(C)[C@H]1O[C@@H](n2ccc(N)nc2=O)C(F)(F)[C@@H]1O. The normalized spacial score (nSPS) is 29.5. The molecule has 0 aliphatic carbocycles. The Morgan fingerprint density at radius 1 is 1.67 bits per heavy atom. The molecule has 1 aromatic heterocycles. The summed E-state index contributed by atoms with van der Waals surface area (Å²) >= 11 is 0. The van der Waals surface area contributed by atoms with Crippen LogP contribution in [0.5, 0.6) is 0 Å². The Kier molecular flexibility index (Phi) is 4.26. The molecule has 1 saturated heterocycles. The Labute approximate surface area is 119 Å². The molecule has 1 fully saturated rings. The third-order valence-electron chi connectivity index (χ3n) is 3.32. The Morgan fingerprint density at radius 2 is 2.33 bits per heavy atom. The number of rotatable bonds is 4. The second-order valence-corrected chi connectivity index (χ2v) is 4.78. The molecule has 118 valence electrons. The molecule has 2 heterocycles. The van der Waals surface area contributed by atoms with Crippen molar-refractivity contribution in [2.75, 3.05) is 12.3 Å². The number of hydrogen-bond acceptors (Lipinski definition) is 6. The van der Waals surface area contributed by atoms with Crippen molar-refractivity contribution in [3.63, 3.8) is 0 Å². The Morgan fingerprint density at radius 3 is 2.90 bits per heavy atom. The van der Waals surface area contributed by atoms with E-state index in [4.69, 9.17) is 15.2 Å². The molecule has 0 bridgehead atoms. The molecule has 9 heteroatoms. The van der Waals surface area contributed by atoms with Gasteiger partial charge in [0.15, 0.2) is 6.10 Å². The van der Waals surface area contributed by atoms with Crippen LogP contribution in [0.2, 0.25) is 0 Å². The van der Waals surface area contributed by atoms with Crippen molar-refractivity contribution in [2.45, 2.75) is 44.3 Å². The van der Waals surface area contributed by atoms with E-state index in [9.17, 15) is 18.7 Å². The van der Waals surface area contributed by atoms with Gasteiger partial charge in [0.25, 0.3) is 0 Å². The van der Waals surface area contributed by atoms with E-state index in [2.05, 4.69) is 4.98 Å². The van der Waals surface area contributed by atoms with Crippen LogP contribution < -0.4 is 11.4 Å². The van der Waals surface area contributed by atoms with E-state index >= 15 is 0 Å². The minimum absolute atomic E-state index is 0.0858. The van der Waals surface area contributed by atoms with Crippen LogP contribution in [0.15, 0.2) is 17.1 Å². The lowest BCUT2D eigenvalue weighted by Gasteiger charge is -2.21. The summed E-state index contributed by atoms with van der Waals surface area (Å²) in [5, 5.41) is 9.78. The van der Waals surface area contributed by atoms with Crippen LogP contribution >= 0.6 is 0 Å². The molecule has 4 atom stereocenters. The van der Waals surface area contributed by atoms with Gasteiger partial charge in [-0.1, -0.05) is 0 Å². The molecule has 0 radical (unpaired) electrons. The lowest BCUT2D eigenvalue weighted by molar-refractivity contribution is -0.141. The molecular formula is C12H17F2N3O4. The molecule has 2 rings (SSSR count). The number of nitrogen functional groups attached to an aromatic ring is 1. The fourth-order valence-corrected chi connectivity index (χ4v) is 2.26. The average molecular weight is 305 g/mol. The number of aliphatic hydroxyl groups excluding tert-OH is 1. The van der Waals surface area contributed by atoms with E-state index in [1.54, 1.807) is 6.92 Å². The van der Waals surface area contributed by atoms with Gasteiger partial charge in [-0.05, 0) is 19.9 Å². The van der Waals surface area contributed by atoms with Crippen molar-refractivity contribution in [1.82, 2.24) is 9.55 Å². The largest absolute Gasteiger partial charge is 0.384 e. The zero-order chi connectivity index (χ0) is 15.8. The number of alkyl halides is 2. The quantitative estimate of drug-likeness (QED) is 0.821. The van der Waals surface area contributed by atoms with Gasteiger partial charge >= 0.3 is 11.6 Å². The fourth-order valence-electron chi connectivity index (χ4n) is 2.26. The van der Waals surface area contributed by atoms with Gasteiger partial charge in [0.1, 0.15) is 11.9 Å². The van der Waals surface area contributed by atoms with Crippen molar-refractivity contribution in [3.8, 4) is 0 Å². The topological polar surface area (TPSA) is 99.6 Å². The number of anilines is 1. The van der Waals surface area contributed by atoms with Crippen molar-refractivity contribution in [3.05, 3.63) is 22.7 Å². The predicted molar refractivity (Wildman–Crippen MR) is 68.9 cm³/mol. The summed E-state index contributed by atoms with van der Waals surface area (Å²) < 4.78 is 39.3. The number of nitrogens with two attached hydrogens (primary N) is 1. The molecule has 0 aromatic carbocycles. The second-order valence-electron chi connectivity index (χ2n) is 4.78. The highest BCUT2D eigenvalue weighted by molar-refractivity contribution is 5.23. The molecule has 7 nitrogen and oxygen atoms in total. The maximum atomic E-state index is 14.2. The van der Waals surface area contributed by atoms with Crippen molar-refractivity contribution >= 4 is 5.82 Å². The van der Waals surface area contributed by atoms with E-state index in [0.29, 0.717) is 4.57 Å². The molecule has 1 aliphatic heterocycles. The Bertz CT molecular complexity index is 566.